The molecule has 0 atom stereocenters. The van der Waals surface area contributed by atoms with Gasteiger partial charge in [0.15, 0.2) is 24.7 Å². The van der Waals surface area contributed by atoms with Gasteiger partial charge in [-0.25, -0.2) is 4.79 Å². The molecule has 1 aliphatic heterocycles. The maximum absolute atomic E-state index is 12.3. The number of hydrogen-bond acceptors (Lipinski definition) is 7. The Morgan fingerprint density at radius 2 is 1.70 bits per heavy atom. The molecule has 0 bridgehead atoms. The monoisotopic (exact) mass is 412 g/mol. The summed E-state index contributed by atoms with van der Waals surface area (Å²) in [5.74, 6) is -0.250. The third-order valence-corrected chi connectivity index (χ3v) is 4.78. The fourth-order valence-electron chi connectivity index (χ4n) is 3.14. The van der Waals surface area contributed by atoms with E-state index in [1.54, 1.807) is 11.0 Å². The number of hydrogen-bond donors (Lipinski definition) is 0. The predicted octanol–water partition coefficient (Wildman–Crippen LogP) is 1.78. The average Bonchev–Trinajstić information content (AvgIpc) is 2.81. The van der Waals surface area contributed by atoms with Crippen LogP contribution in [0.3, 0.4) is 0 Å². The summed E-state index contributed by atoms with van der Waals surface area (Å²) >= 11 is 0. The van der Waals surface area contributed by atoms with Crippen molar-refractivity contribution >= 4 is 23.9 Å². The van der Waals surface area contributed by atoms with Crippen molar-refractivity contribution in [3.05, 3.63) is 54.1 Å². The molecule has 8 heteroatoms. The van der Waals surface area contributed by atoms with Crippen LogP contribution in [-0.2, 0) is 14.3 Å². The number of anilines is 1. The van der Waals surface area contributed by atoms with E-state index in [-0.39, 0.29) is 19.1 Å². The van der Waals surface area contributed by atoms with Crippen molar-refractivity contribution in [3.63, 3.8) is 0 Å². The summed E-state index contributed by atoms with van der Waals surface area (Å²) < 4.78 is 15.6. The number of aldehydes is 1. The fourth-order valence-corrected chi connectivity index (χ4v) is 3.14. The molecule has 0 spiro atoms. The number of carbonyl (C=O) groups excluding carboxylic acids is 3. The van der Waals surface area contributed by atoms with Crippen molar-refractivity contribution in [1.29, 1.82) is 0 Å². The molecule has 158 valence electrons. The Hall–Kier alpha value is -3.55. The fraction of sp³-hybridized carbons (Fsp3) is 0.318. The molecular weight excluding hydrogens is 388 g/mol. The molecule has 1 amide bonds. The minimum Gasteiger partial charge on any atom is -0.493 e. The van der Waals surface area contributed by atoms with E-state index in [4.69, 9.17) is 14.2 Å². The van der Waals surface area contributed by atoms with Gasteiger partial charge in [-0.2, -0.15) is 0 Å². The Morgan fingerprint density at radius 1 is 0.967 bits per heavy atom. The van der Waals surface area contributed by atoms with Gasteiger partial charge in [0.05, 0.1) is 7.11 Å². The number of amides is 1. The number of methoxy groups -OCH3 is 1. The molecule has 2 aromatic carbocycles. The van der Waals surface area contributed by atoms with E-state index in [9.17, 15) is 14.4 Å². The molecule has 0 N–H and O–H groups in total. The topological polar surface area (TPSA) is 85.4 Å². The van der Waals surface area contributed by atoms with Crippen LogP contribution in [0.5, 0.6) is 11.5 Å². The van der Waals surface area contributed by atoms with Crippen molar-refractivity contribution in [2.45, 2.75) is 0 Å². The second kappa shape index (κ2) is 10.3. The van der Waals surface area contributed by atoms with Gasteiger partial charge in [0, 0.05) is 37.4 Å². The lowest BCUT2D eigenvalue weighted by molar-refractivity contribution is -0.153. The molecular formula is C22H24N2O6. The first-order chi connectivity index (χ1) is 14.6. The summed E-state index contributed by atoms with van der Waals surface area (Å²) in [6.45, 7) is 1.90. The van der Waals surface area contributed by atoms with Crippen LogP contribution in [0.15, 0.2) is 48.5 Å². The number of rotatable bonds is 8. The first-order valence-electron chi connectivity index (χ1n) is 9.60. The zero-order valence-corrected chi connectivity index (χ0v) is 16.8. The summed E-state index contributed by atoms with van der Waals surface area (Å²) in [5.41, 5.74) is 1.56. The number of benzene rings is 2. The van der Waals surface area contributed by atoms with Gasteiger partial charge >= 0.3 is 5.97 Å². The summed E-state index contributed by atoms with van der Waals surface area (Å²) in [6.07, 6.45) is 0.686. The van der Waals surface area contributed by atoms with E-state index in [1.165, 1.54) is 19.2 Å². The lowest BCUT2D eigenvalue weighted by Crippen LogP contribution is -2.50. The molecule has 1 fully saturated rings. The van der Waals surface area contributed by atoms with Gasteiger partial charge in [0.25, 0.3) is 5.91 Å². The Morgan fingerprint density at radius 3 is 2.37 bits per heavy atom. The lowest BCUT2D eigenvalue weighted by Gasteiger charge is -2.36. The summed E-state index contributed by atoms with van der Waals surface area (Å²) in [6, 6.07) is 14.6. The van der Waals surface area contributed by atoms with Crippen molar-refractivity contribution in [3.8, 4) is 11.5 Å². The van der Waals surface area contributed by atoms with Crippen molar-refractivity contribution < 1.29 is 28.6 Å². The van der Waals surface area contributed by atoms with Crippen LogP contribution in [0.25, 0.3) is 0 Å². The van der Waals surface area contributed by atoms with Crippen LogP contribution in [0.2, 0.25) is 0 Å². The van der Waals surface area contributed by atoms with Gasteiger partial charge in [0.2, 0.25) is 0 Å². The maximum Gasteiger partial charge on any atom is 0.344 e. The molecule has 30 heavy (non-hydrogen) atoms. The van der Waals surface area contributed by atoms with Crippen LogP contribution in [0, 0.1) is 0 Å². The second-order valence-corrected chi connectivity index (χ2v) is 6.68. The Bertz CT molecular complexity index is 878. The van der Waals surface area contributed by atoms with E-state index in [2.05, 4.69) is 4.90 Å². The highest BCUT2D eigenvalue weighted by Gasteiger charge is 2.22. The molecule has 3 rings (SSSR count). The average molecular weight is 412 g/mol. The smallest absolute Gasteiger partial charge is 0.344 e. The van der Waals surface area contributed by atoms with Crippen LogP contribution < -0.4 is 14.4 Å². The number of carbonyl (C=O) groups is 3. The molecule has 1 aliphatic rings. The third-order valence-electron chi connectivity index (χ3n) is 4.78. The SMILES string of the molecule is COc1cc(C=O)ccc1OCC(=O)OCC(=O)N1CCN(c2ccccc2)CC1. The van der Waals surface area contributed by atoms with Gasteiger partial charge in [-0.3, -0.25) is 9.59 Å². The number of esters is 1. The summed E-state index contributed by atoms with van der Waals surface area (Å²) in [7, 11) is 1.44. The highest BCUT2D eigenvalue weighted by atomic mass is 16.6. The van der Waals surface area contributed by atoms with E-state index < -0.39 is 5.97 Å². The van der Waals surface area contributed by atoms with Crippen molar-refractivity contribution in [2.75, 3.05) is 51.4 Å². The van der Waals surface area contributed by atoms with Crippen LogP contribution >= 0.6 is 0 Å². The molecule has 1 saturated heterocycles. The Kier molecular flexibility index (Phi) is 7.26. The zero-order valence-electron chi connectivity index (χ0n) is 16.8. The molecule has 8 nitrogen and oxygen atoms in total. The highest BCUT2D eigenvalue weighted by Crippen LogP contribution is 2.27. The van der Waals surface area contributed by atoms with Gasteiger partial charge in [-0.1, -0.05) is 18.2 Å². The number of piperazine rings is 1. The normalized spacial score (nSPS) is 13.5. The minimum atomic E-state index is -0.659. The minimum absolute atomic E-state index is 0.232. The predicted molar refractivity (Wildman–Crippen MR) is 110 cm³/mol. The maximum atomic E-state index is 12.3. The second-order valence-electron chi connectivity index (χ2n) is 6.68. The number of ether oxygens (including phenoxy) is 3. The van der Waals surface area contributed by atoms with E-state index in [1.807, 2.05) is 30.3 Å². The molecule has 0 saturated carbocycles. The van der Waals surface area contributed by atoms with E-state index in [0.717, 1.165) is 18.8 Å². The lowest BCUT2D eigenvalue weighted by atomic mass is 10.2. The van der Waals surface area contributed by atoms with Gasteiger partial charge < -0.3 is 24.0 Å². The number of para-hydroxylation sites is 1. The van der Waals surface area contributed by atoms with Crippen molar-refractivity contribution in [2.24, 2.45) is 0 Å². The number of nitrogens with zero attached hydrogens (tertiary/aromatic N) is 2. The first kappa shape index (κ1) is 21.2. The first-order valence-corrected chi connectivity index (χ1v) is 9.60. The van der Waals surface area contributed by atoms with E-state index in [0.29, 0.717) is 36.4 Å². The van der Waals surface area contributed by atoms with Crippen molar-refractivity contribution in [1.82, 2.24) is 4.90 Å². The van der Waals surface area contributed by atoms with Gasteiger partial charge in [0.1, 0.15) is 6.29 Å². The molecule has 2 aromatic rings. The standard InChI is InChI=1S/C22H24N2O6/c1-28-20-13-17(14-25)7-8-19(20)29-16-22(27)30-15-21(26)24-11-9-23(10-12-24)18-5-3-2-4-6-18/h2-8,13-14H,9-12,15-16H2,1H3. The van der Waals surface area contributed by atoms with Gasteiger partial charge in [-0.15, -0.1) is 0 Å². The Balaban J connectivity index is 1.41. The molecule has 0 radical (unpaired) electrons. The molecule has 0 aromatic heterocycles. The largest absolute Gasteiger partial charge is 0.493 e. The van der Waals surface area contributed by atoms with Gasteiger partial charge in [-0.05, 0) is 30.3 Å². The molecule has 0 aliphatic carbocycles. The van der Waals surface area contributed by atoms with E-state index >= 15 is 0 Å². The summed E-state index contributed by atoms with van der Waals surface area (Å²) in [5, 5.41) is 0. The van der Waals surface area contributed by atoms with Crippen LogP contribution in [0.4, 0.5) is 5.69 Å². The van der Waals surface area contributed by atoms with Crippen LogP contribution in [0.1, 0.15) is 10.4 Å². The van der Waals surface area contributed by atoms with Crippen LogP contribution in [-0.4, -0.2) is 69.6 Å². The molecule has 0 unspecified atom stereocenters. The zero-order chi connectivity index (χ0) is 21.3. The third kappa shape index (κ3) is 5.50. The summed E-state index contributed by atoms with van der Waals surface area (Å²) in [4.78, 5) is 39.0. The Labute approximate surface area is 174 Å². The molecule has 1 heterocycles. The quantitative estimate of drug-likeness (QED) is 0.483. The highest BCUT2D eigenvalue weighted by molar-refractivity contribution is 5.81.